The van der Waals surface area contributed by atoms with Crippen LogP contribution < -0.4 is 5.32 Å². The second-order valence-corrected chi connectivity index (χ2v) is 6.66. The van der Waals surface area contributed by atoms with Gasteiger partial charge in [-0.2, -0.15) is 0 Å². The summed E-state index contributed by atoms with van der Waals surface area (Å²) in [4.78, 5) is 10.4. The molecule has 5 nitrogen and oxygen atoms in total. The molecule has 0 aromatic heterocycles. The van der Waals surface area contributed by atoms with Gasteiger partial charge in [0, 0.05) is 18.7 Å². The van der Waals surface area contributed by atoms with Crippen LogP contribution in [0.4, 0.5) is 15.8 Å². The highest BCUT2D eigenvalue weighted by Gasteiger charge is 2.32. The molecule has 0 aliphatic heterocycles. The van der Waals surface area contributed by atoms with Crippen molar-refractivity contribution >= 4 is 27.3 Å². The number of aliphatic hydroxyl groups is 1. The molecule has 0 radical (unpaired) electrons. The number of hydrogen-bond donors (Lipinski definition) is 2. The second kappa shape index (κ2) is 6.27. The highest BCUT2D eigenvalue weighted by atomic mass is 79.9. The van der Waals surface area contributed by atoms with Gasteiger partial charge in [0.15, 0.2) is 0 Å². The van der Waals surface area contributed by atoms with Crippen LogP contribution in [0.15, 0.2) is 16.6 Å². The molecular formula is C14H18BrFN2O3. The van der Waals surface area contributed by atoms with Crippen molar-refractivity contribution in [2.75, 3.05) is 11.9 Å². The van der Waals surface area contributed by atoms with Gasteiger partial charge in [-0.05, 0) is 47.5 Å². The summed E-state index contributed by atoms with van der Waals surface area (Å²) >= 11 is 2.94. The van der Waals surface area contributed by atoms with Crippen LogP contribution in [0.3, 0.4) is 0 Å². The SMILES string of the molecule is CC1CCC(O)(CNc2cc(F)c(Br)cc2[N+](=O)[O-])CC1. The molecule has 1 aromatic carbocycles. The molecule has 1 aliphatic carbocycles. The lowest BCUT2D eigenvalue weighted by atomic mass is 9.79. The average Bonchev–Trinajstić information content (AvgIpc) is 2.43. The summed E-state index contributed by atoms with van der Waals surface area (Å²) in [5, 5.41) is 24.3. The Morgan fingerprint density at radius 1 is 1.52 bits per heavy atom. The first kappa shape index (κ1) is 16.2. The molecule has 0 saturated heterocycles. The highest BCUT2D eigenvalue weighted by Crippen LogP contribution is 2.34. The second-order valence-electron chi connectivity index (χ2n) is 5.80. The van der Waals surface area contributed by atoms with Crippen LogP contribution in [-0.2, 0) is 0 Å². The molecule has 0 amide bonds. The van der Waals surface area contributed by atoms with Crippen LogP contribution in [0, 0.1) is 21.8 Å². The molecule has 21 heavy (non-hydrogen) atoms. The fourth-order valence-electron chi connectivity index (χ4n) is 2.56. The number of rotatable bonds is 4. The zero-order valence-electron chi connectivity index (χ0n) is 11.7. The summed E-state index contributed by atoms with van der Waals surface area (Å²) in [7, 11) is 0. The van der Waals surface area contributed by atoms with Gasteiger partial charge in [0.2, 0.25) is 0 Å². The van der Waals surface area contributed by atoms with Gasteiger partial charge in [-0.3, -0.25) is 10.1 Å². The Morgan fingerprint density at radius 2 is 2.14 bits per heavy atom. The van der Waals surface area contributed by atoms with E-state index >= 15 is 0 Å². The third-order valence-corrected chi connectivity index (χ3v) is 4.66. The summed E-state index contributed by atoms with van der Waals surface area (Å²) in [6.45, 7) is 2.32. The van der Waals surface area contributed by atoms with Crippen molar-refractivity contribution in [1.29, 1.82) is 0 Å². The Balaban J connectivity index is 2.12. The van der Waals surface area contributed by atoms with Crippen LogP contribution in [0.2, 0.25) is 0 Å². The van der Waals surface area contributed by atoms with Gasteiger partial charge >= 0.3 is 0 Å². The predicted molar refractivity (Wildman–Crippen MR) is 81.8 cm³/mol. The normalized spacial score (nSPS) is 25.6. The number of benzene rings is 1. The zero-order chi connectivity index (χ0) is 15.6. The lowest BCUT2D eigenvalue weighted by molar-refractivity contribution is -0.384. The van der Waals surface area contributed by atoms with E-state index in [1.165, 1.54) is 0 Å². The molecule has 1 fully saturated rings. The van der Waals surface area contributed by atoms with Crippen molar-refractivity contribution in [3.05, 3.63) is 32.5 Å². The minimum atomic E-state index is -0.885. The van der Waals surface area contributed by atoms with Gasteiger partial charge < -0.3 is 10.4 Å². The zero-order valence-corrected chi connectivity index (χ0v) is 13.3. The van der Waals surface area contributed by atoms with E-state index in [1.807, 2.05) is 0 Å². The van der Waals surface area contributed by atoms with Crippen LogP contribution in [0.1, 0.15) is 32.6 Å². The maximum absolute atomic E-state index is 13.6. The van der Waals surface area contributed by atoms with E-state index in [0.717, 1.165) is 25.0 Å². The Bertz CT molecular complexity index is 545. The van der Waals surface area contributed by atoms with E-state index in [4.69, 9.17) is 0 Å². The lowest BCUT2D eigenvalue weighted by Crippen LogP contribution is -2.40. The molecule has 1 aromatic rings. The van der Waals surface area contributed by atoms with Gasteiger partial charge in [-0.25, -0.2) is 4.39 Å². The van der Waals surface area contributed by atoms with Gasteiger partial charge in [0.1, 0.15) is 11.5 Å². The Labute approximate surface area is 130 Å². The van der Waals surface area contributed by atoms with E-state index in [2.05, 4.69) is 28.2 Å². The number of halogens is 2. The first-order valence-electron chi connectivity index (χ1n) is 6.90. The smallest absolute Gasteiger partial charge is 0.293 e. The van der Waals surface area contributed by atoms with E-state index in [9.17, 15) is 19.6 Å². The number of nitrogens with one attached hydrogen (secondary N) is 1. The molecule has 0 heterocycles. The summed E-state index contributed by atoms with van der Waals surface area (Å²) in [5.41, 5.74) is -1.01. The standard InChI is InChI=1S/C14H18BrFN2O3/c1-9-2-4-14(19,5-3-9)8-17-12-7-11(16)10(15)6-13(12)18(20)21/h6-7,9,17,19H,2-5,8H2,1H3. The third-order valence-electron chi connectivity index (χ3n) is 4.05. The summed E-state index contributed by atoms with van der Waals surface area (Å²) in [6, 6.07) is 2.21. The number of nitrogens with zero attached hydrogens (tertiary/aromatic N) is 1. The molecule has 116 valence electrons. The summed E-state index contributed by atoms with van der Waals surface area (Å²) in [5.74, 6) is 0.0112. The monoisotopic (exact) mass is 360 g/mol. The molecule has 0 unspecified atom stereocenters. The van der Waals surface area contributed by atoms with Crippen molar-refractivity contribution in [3.8, 4) is 0 Å². The first-order chi connectivity index (χ1) is 9.81. The average molecular weight is 361 g/mol. The summed E-state index contributed by atoms with van der Waals surface area (Å²) in [6.07, 6.45) is 3.14. The van der Waals surface area contributed by atoms with E-state index in [0.29, 0.717) is 18.8 Å². The van der Waals surface area contributed by atoms with Gasteiger partial charge in [-0.15, -0.1) is 0 Å². The van der Waals surface area contributed by atoms with Crippen molar-refractivity contribution in [1.82, 2.24) is 0 Å². The summed E-state index contributed by atoms with van der Waals surface area (Å²) < 4.78 is 13.6. The van der Waals surface area contributed by atoms with Crippen molar-refractivity contribution in [2.45, 2.75) is 38.2 Å². The van der Waals surface area contributed by atoms with Gasteiger partial charge in [0.05, 0.1) is 15.0 Å². The largest absolute Gasteiger partial charge is 0.388 e. The van der Waals surface area contributed by atoms with E-state index in [1.54, 1.807) is 0 Å². The molecule has 0 bridgehead atoms. The predicted octanol–water partition coefficient (Wildman–Crippen LogP) is 3.85. The van der Waals surface area contributed by atoms with E-state index < -0.39 is 16.3 Å². The Kier molecular flexibility index (Phi) is 4.83. The number of anilines is 1. The first-order valence-corrected chi connectivity index (χ1v) is 7.70. The molecule has 0 atom stereocenters. The van der Waals surface area contributed by atoms with Crippen molar-refractivity contribution in [3.63, 3.8) is 0 Å². The Hall–Kier alpha value is -1.21. The quantitative estimate of drug-likeness (QED) is 0.631. The molecule has 0 spiro atoms. The molecule has 1 saturated carbocycles. The van der Waals surface area contributed by atoms with Crippen molar-refractivity contribution < 1.29 is 14.4 Å². The van der Waals surface area contributed by atoms with Crippen LogP contribution >= 0.6 is 15.9 Å². The minimum absolute atomic E-state index is 0.0463. The van der Waals surface area contributed by atoms with Crippen LogP contribution in [0.25, 0.3) is 0 Å². The molecular weight excluding hydrogens is 343 g/mol. The van der Waals surface area contributed by atoms with Gasteiger partial charge in [-0.1, -0.05) is 6.92 Å². The molecule has 2 rings (SSSR count). The fourth-order valence-corrected chi connectivity index (χ4v) is 2.90. The van der Waals surface area contributed by atoms with Crippen LogP contribution in [0.5, 0.6) is 0 Å². The minimum Gasteiger partial charge on any atom is -0.388 e. The van der Waals surface area contributed by atoms with Crippen molar-refractivity contribution in [2.24, 2.45) is 5.92 Å². The topological polar surface area (TPSA) is 75.4 Å². The van der Waals surface area contributed by atoms with Gasteiger partial charge in [0.25, 0.3) is 5.69 Å². The van der Waals surface area contributed by atoms with Crippen LogP contribution in [-0.4, -0.2) is 22.2 Å². The number of nitro groups is 1. The number of nitro benzene ring substituents is 1. The molecule has 1 aliphatic rings. The number of hydrogen-bond acceptors (Lipinski definition) is 4. The molecule has 2 N–H and O–H groups in total. The highest BCUT2D eigenvalue weighted by molar-refractivity contribution is 9.10. The maximum atomic E-state index is 13.6. The lowest BCUT2D eigenvalue weighted by Gasteiger charge is -2.35. The van der Waals surface area contributed by atoms with E-state index in [-0.39, 0.29) is 22.4 Å². The Morgan fingerprint density at radius 3 is 2.71 bits per heavy atom. The molecule has 7 heteroatoms. The third kappa shape index (κ3) is 3.91. The maximum Gasteiger partial charge on any atom is 0.293 e. The fraction of sp³-hybridized carbons (Fsp3) is 0.571.